The number of aromatic nitrogens is 2. The fraction of sp³-hybridized carbons (Fsp3) is 0.400. The second-order valence-electron chi connectivity index (χ2n) is 8.42. The number of ether oxygens (including phenoxy) is 1. The van der Waals surface area contributed by atoms with Crippen molar-refractivity contribution in [1.29, 1.82) is 0 Å². The van der Waals surface area contributed by atoms with Crippen molar-refractivity contribution in [1.82, 2.24) is 14.5 Å². The molecular weight excluding hydrogens is 407 g/mol. The SMILES string of the molecule is COc1ccc(CN2CCN(c3c(F)cccc3[C@@H](O)c3nccn3C)CC2)c(C)c1C. The van der Waals surface area contributed by atoms with Crippen LogP contribution in [-0.2, 0) is 13.6 Å². The summed E-state index contributed by atoms with van der Waals surface area (Å²) < 4.78 is 22.1. The normalized spacial score (nSPS) is 15.8. The highest BCUT2D eigenvalue weighted by atomic mass is 19.1. The Balaban J connectivity index is 1.49. The zero-order valence-electron chi connectivity index (χ0n) is 19.2. The van der Waals surface area contributed by atoms with E-state index in [1.54, 1.807) is 36.2 Å². The van der Waals surface area contributed by atoms with Crippen molar-refractivity contribution in [3.63, 3.8) is 0 Å². The second kappa shape index (κ2) is 9.30. The van der Waals surface area contributed by atoms with Crippen LogP contribution in [0.2, 0.25) is 0 Å². The molecule has 2 aromatic carbocycles. The molecule has 0 bridgehead atoms. The van der Waals surface area contributed by atoms with E-state index in [9.17, 15) is 9.50 Å². The van der Waals surface area contributed by atoms with Gasteiger partial charge in [0.15, 0.2) is 0 Å². The van der Waals surface area contributed by atoms with E-state index in [1.165, 1.54) is 22.8 Å². The number of anilines is 1. The maximum Gasteiger partial charge on any atom is 0.146 e. The number of rotatable bonds is 6. The molecule has 1 aromatic heterocycles. The number of hydrogen-bond donors (Lipinski definition) is 1. The first-order chi connectivity index (χ1) is 15.4. The summed E-state index contributed by atoms with van der Waals surface area (Å²) >= 11 is 0. The molecule has 1 N–H and O–H groups in total. The van der Waals surface area contributed by atoms with Crippen molar-refractivity contribution in [3.8, 4) is 5.75 Å². The molecule has 1 fully saturated rings. The Kier molecular flexibility index (Phi) is 6.48. The number of hydrogen-bond acceptors (Lipinski definition) is 5. The average molecular weight is 439 g/mol. The number of benzene rings is 2. The Morgan fingerprint density at radius 1 is 1.09 bits per heavy atom. The summed E-state index contributed by atoms with van der Waals surface area (Å²) in [4.78, 5) is 8.68. The van der Waals surface area contributed by atoms with E-state index in [0.29, 0.717) is 30.2 Å². The molecule has 3 aromatic rings. The van der Waals surface area contributed by atoms with Gasteiger partial charge in [-0.15, -0.1) is 0 Å². The largest absolute Gasteiger partial charge is 0.496 e. The Morgan fingerprint density at radius 3 is 2.50 bits per heavy atom. The molecule has 170 valence electrons. The number of halogens is 1. The number of methoxy groups -OCH3 is 1. The lowest BCUT2D eigenvalue weighted by molar-refractivity contribution is 0.205. The third-order valence-corrected chi connectivity index (χ3v) is 6.57. The van der Waals surface area contributed by atoms with Gasteiger partial charge in [0.05, 0.1) is 12.8 Å². The van der Waals surface area contributed by atoms with Gasteiger partial charge in [-0.05, 0) is 42.7 Å². The molecule has 0 saturated carbocycles. The van der Waals surface area contributed by atoms with Gasteiger partial charge < -0.3 is 19.3 Å². The van der Waals surface area contributed by atoms with E-state index in [1.807, 2.05) is 18.0 Å². The van der Waals surface area contributed by atoms with Gasteiger partial charge in [-0.3, -0.25) is 4.90 Å². The molecule has 0 spiro atoms. The molecule has 1 aliphatic heterocycles. The number of para-hydroxylation sites is 1. The number of imidazole rings is 1. The molecule has 1 atom stereocenters. The van der Waals surface area contributed by atoms with E-state index in [4.69, 9.17) is 4.74 Å². The zero-order chi connectivity index (χ0) is 22.8. The summed E-state index contributed by atoms with van der Waals surface area (Å²) in [5.74, 6) is 1.10. The van der Waals surface area contributed by atoms with Crippen molar-refractivity contribution in [2.45, 2.75) is 26.5 Å². The van der Waals surface area contributed by atoms with Crippen molar-refractivity contribution in [3.05, 3.63) is 76.6 Å². The molecule has 0 radical (unpaired) electrons. The lowest BCUT2D eigenvalue weighted by Gasteiger charge is -2.37. The van der Waals surface area contributed by atoms with Gasteiger partial charge in [-0.2, -0.15) is 0 Å². The molecule has 6 nitrogen and oxygen atoms in total. The highest BCUT2D eigenvalue weighted by Gasteiger charge is 2.27. The molecule has 0 aliphatic carbocycles. The molecule has 0 unspecified atom stereocenters. The number of aryl methyl sites for hydroxylation is 1. The topological polar surface area (TPSA) is 53.8 Å². The first-order valence-electron chi connectivity index (χ1n) is 10.9. The minimum Gasteiger partial charge on any atom is -0.496 e. The summed E-state index contributed by atoms with van der Waals surface area (Å²) in [6.45, 7) is 8.08. The van der Waals surface area contributed by atoms with E-state index in [0.717, 1.165) is 25.4 Å². The summed E-state index contributed by atoms with van der Waals surface area (Å²) in [5, 5.41) is 10.9. The minimum atomic E-state index is -0.983. The Morgan fingerprint density at radius 2 is 1.84 bits per heavy atom. The van der Waals surface area contributed by atoms with Crippen LogP contribution in [0.25, 0.3) is 0 Å². The zero-order valence-corrected chi connectivity index (χ0v) is 19.2. The van der Waals surface area contributed by atoms with Crippen LogP contribution in [0.3, 0.4) is 0 Å². The molecule has 4 rings (SSSR count). The van der Waals surface area contributed by atoms with Crippen molar-refractivity contribution < 1.29 is 14.2 Å². The first kappa shape index (κ1) is 22.3. The van der Waals surface area contributed by atoms with Gasteiger partial charge >= 0.3 is 0 Å². The highest BCUT2D eigenvalue weighted by molar-refractivity contribution is 5.57. The molecular formula is C25H31FN4O2. The van der Waals surface area contributed by atoms with Gasteiger partial charge in [0, 0.05) is 57.7 Å². The van der Waals surface area contributed by atoms with Crippen LogP contribution in [-0.4, -0.2) is 52.8 Å². The molecule has 7 heteroatoms. The monoisotopic (exact) mass is 438 g/mol. The van der Waals surface area contributed by atoms with E-state index in [2.05, 4.69) is 29.8 Å². The maximum absolute atomic E-state index is 14.9. The number of piperazine rings is 1. The molecule has 0 amide bonds. The summed E-state index contributed by atoms with van der Waals surface area (Å²) in [7, 11) is 3.52. The maximum atomic E-state index is 14.9. The number of aliphatic hydroxyl groups excluding tert-OH is 1. The van der Waals surface area contributed by atoms with Crippen LogP contribution >= 0.6 is 0 Å². The Bertz CT molecular complexity index is 1090. The fourth-order valence-electron chi connectivity index (χ4n) is 4.48. The van der Waals surface area contributed by atoms with Crippen molar-refractivity contribution >= 4 is 5.69 Å². The molecule has 1 saturated heterocycles. The predicted octanol–water partition coefficient (Wildman–Crippen LogP) is 3.59. The van der Waals surface area contributed by atoms with Crippen molar-refractivity contribution in [2.24, 2.45) is 7.05 Å². The summed E-state index contributed by atoms with van der Waals surface area (Å²) in [5.41, 5.74) is 4.73. The van der Waals surface area contributed by atoms with E-state index < -0.39 is 6.10 Å². The van der Waals surface area contributed by atoms with Gasteiger partial charge in [0.2, 0.25) is 0 Å². The third kappa shape index (κ3) is 4.23. The summed E-state index contributed by atoms with van der Waals surface area (Å²) in [6.07, 6.45) is 2.43. The number of nitrogens with zero attached hydrogens (tertiary/aromatic N) is 4. The second-order valence-corrected chi connectivity index (χ2v) is 8.42. The van der Waals surface area contributed by atoms with Crippen LogP contribution in [0.1, 0.15) is 34.2 Å². The molecule has 1 aliphatic rings. The lowest BCUT2D eigenvalue weighted by atomic mass is 10.0. The average Bonchev–Trinajstić information content (AvgIpc) is 3.23. The Labute approximate surface area is 188 Å². The van der Waals surface area contributed by atoms with E-state index in [-0.39, 0.29) is 5.82 Å². The van der Waals surface area contributed by atoms with Crippen LogP contribution in [0.15, 0.2) is 42.7 Å². The summed E-state index contributed by atoms with van der Waals surface area (Å²) in [6, 6.07) is 9.04. The highest BCUT2D eigenvalue weighted by Crippen LogP contribution is 2.33. The molecule has 32 heavy (non-hydrogen) atoms. The van der Waals surface area contributed by atoms with Crippen LogP contribution in [0.5, 0.6) is 5.75 Å². The van der Waals surface area contributed by atoms with Gasteiger partial charge in [0.25, 0.3) is 0 Å². The van der Waals surface area contributed by atoms with Gasteiger partial charge in [0.1, 0.15) is 23.5 Å². The molecule has 2 heterocycles. The van der Waals surface area contributed by atoms with Crippen LogP contribution in [0, 0.1) is 19.7 Å². The predicted molar refractivity (Wildman–Crippen MR) is 124 cm³/mol. The van der Waals surface area contributed by atoms with E-state index >= 15 is 0 Å². The van der Waals surface area contributed by atoms with Gasteiger partial charge in [-0.1, -0.05) is 18.2 Å². The Hall–Kier alpha value is -2.90. The smallest absolute Gasteiger partial charge is 0.146 e. The standard InChI is InChI=1S/C25H31FN4O2/c1-17-18(2)22(32-4)9-8-19(17)16-29-12-14-30(15-13-29)23-20(6-5-7-21(23)26)24(31)25-27-10-11-28(25)3/h5-11,24,31H,12-16H2,1-4H3/t24-/m1/s1. The fourth-order valence-corrected chi connectivity index (χ4v) is 4.48. The lowest BCUT2D eigenvalue weighted by Crippen LogP contribution is -2.46. The van der Waals surface area contributed by atoms with Gasteiger partial charge in [-0.25, -0.2) is 9.37 Å². The van der Waals surface area contributed by atoms with Crippen molar-refractivity contribution in [2.75, 3.05) is 38.2 Å². The third-order valence-electron chi connectivity index (χ3n) is 6.57. The van der Waals surface area contributed by atoms with Crippen LogP contribution < -0.4 is 9.64 Å². The minimum absolute atomic E-state index is 0.314. The quantitative estimate of drug-likeness (QED) is 0.638. The number of aliphatic hydroxyl groups is 1. The first-order valence-corrected chi connectivity index (χ1v) is 10.9. The van der Waals surface area contributed by atoms with Crippen LogP contribution in [0.4, 0.5) is 10.1 Å².